The predicted molar refractivity (Wildman–Crippen MR) is 101 cm³/mol. The molecule has 4 rings (SSSR count). The van der Waals surface area contributed by atoms with Gasteiger partial charge in [0.05, 0.1) is 6.61 Å². The van der Waals surface area contributed by atoms with Crippen molar-refractivity contribution in [2.75, 3.05) is 6.61 Å². The maximum atomic E-state index is 6.19. The molecular weight excluding hydrogens is 308 g/mol. The fourth-order valence-corrected chi connectivity index (χ4v) is 3.20. The van der Waals surface area contributed by atoms with Gasteiger partial charge in [0, 0.05) is 17.0 Å². The molecule has 0 aliphatic carbocycles. The lowest BCUT2D eigenvalue weighted by molar-refractivity contribution is 0.340. The van der Waals surface area contributed by atoms with Crippen molar-refractivity contribution in [3.8, 4) is 11.5 Å². The Morgan fingerprint density at radius 2 is 1.56 bits per heavy atom. The molecule has 2 heteroatoms. The Hall–Kier alpha value is -3.00. The molecule has 1 aliphatic rings. The van der Waals surface area contributed by atoms with Gasteiger partial charge in [-0.1, -0.05) is 48.5 Å². The number of benzene rings is 3. The van der Waals surface area contributed by atoms with Crippen LogP contribution < -0.4 is 9.47 Å². The lowest BCUT2D eigenvalue weighted by atomic mass is 9.88. The second-order valence-corrected chi connectivity index (χ2v) is 6.02. The summed E-state index contributed by atoms with van der Waals surface area (Å²) in [5.74, 6) is 2.87. The van der Waals surface area contributed by atoms with Gasteiger partial charge in [-0.25, -0.2) is 0 Å². The molecule has 1 aliphatic heterocycles. The average Bonchev–Trinajstić information content (AvgIpc) is 2.69. The molecule has 3 aromatic carbocycles. The molecule has 1 heterocycles. The van der Waals surface area contributed by atoms with E-state index in [0.29, 0.717) is 6.61 Å². The second kappa shape index (κ2) is 6.86. The van der Waals surface area contributed by atoms with E-state index in [2.05, 4.69) is 42.5 Å². The van der Waals surface area contributed by atoms with Crippen molar-refractivity contribution in [2.45, 2.75) is 12.8 Å². The minimum absolute atomic E-state index is 0.188. The summed E-state index contributed by atoms with van der Waals surface area (Å²) in [5.41, 5.74) is 3.52. The zero-order valence-corrected chi connectivity index (χ0v) is 14.2. The maximum Gasteiger partial charge on any atom is 0.131 e. The third kappa shape index (κ3) is 3.16. The Morgan fingerprint density at radius 1 is 0.840 bits per heavy atom. The average molecular weight is 328 g/mol. The van der Waals surface area contributed by atoms with Gasteiger partial charge >= 0.3 is 0 Å². The molecular formula is C23H20O2. The van der Waals surface area contributed by atoms with Crippen LogP contribution in [-0.2, 0) is 0 Å². The standard InChI is InChI=1S/C23H20O2/c1-2-24-19-14-12-18(13-15-19)23-16-21(17-8-4-3-5-9-17)20-10-6-7-11-22(20)25-23/h3-16,21H,2H2,1H3/t21-/m1/s1. The van der Waals surface area contributed by atoms with Gasteiger partial charge in [-0.3, -0.25) is 0 Å². The maximum absolute atomic E-state index is 6.19. The quantitative estimate of drug-likeness (QED) is 0.616. The minimum Gasteiger partial charge on any atom is -0.494 e. The highest BCUT2D eigenvalue weighted by atomic mass is 16.5. The van der Waals surface area contributed by atoms with Crippen molar-refractivity contribution in [3.05, 3.63) is 102 Å². The lowest BCUT2D eigenvalue weighted by Crippen LogP contribution is -2.10. The van der Waals surface area contributed by atoms with E-state index < -0.39 is 0 Å². The normalized spacial score (nSPS) is 15.7. The van der Waals surface area contributed by atoms with Crippen molar-refractivity contribution in [2.24, 2.45) is 0 Å². The first-order valence-corrected chi connectivity index (χ1v) is 8.62. The Bertz CT molecular complexity index is 879. The van der Waals surface area contributed by atoms with Crippen molar-refractivity contribution in [1.29, 1.82) is 0 Å². The molecule has 0 aromatic heterocycles. The highest BCUT2D eigenvalue weighted by Crippen LogP contribution is 2.40. The molecule has 25 heavy (non-hydrogen) atoms. The van der Waals surface area contributed by atoms with E-state index >= 15 is 0 Å². The summed E-state index contributed by atoms with van der Waals surface area (Å²) in [6.45, 7) is 2.66. The van der Waals surface area contributed by atoms with Gasteiger partial charge in [0.1, 0.15) is 17.3 Å². The van der Waals surface area contributed by atoms with Crippen LogP contribution in [0.15, 0.2) is 84.9 Å². The highest BCUT2D eigenvalue weighted by Gasteiger charge is 2.23. The third-order valence-corrected chi connectivity index (χ3v) is 4.40. The number of allylic oxidation sites excluding steroid dienone is 1. The summed E-state index contributed by atoms with van der Waals surface area (Å²) < 4.78 is 11.7. The summed E-state index contributed by atoms with van der Waals surface area (Å²) in [4.78, 5) is 0. The topological polar surface area (TPSA) is 18.5 Å². The fourth-order valence-electron chi connectivity index (χ4n) is 3.20. The number of para-hydroxylation sites is 1. The van der Waals surface area contributed by atoms with E-state index in [4.69, 9.17) is 9.47 Å². The van der Waals surface area contributed by atoms with Gasteiger partial charge in [-0.15, -0.1) is 0 Å². The molecule has 0 N–H and O–H groups in total. The number of hydrogen-bond acceptors (Lipinski definition) is 2. The first-order chi connectivity index (χ1) is 12.3. The molecule has 0 fully saturated rings. The molecule has 2 nitrogen and oxygen atoms in total. The molecule has 0 saturated heterocycles. The molecule has 3 aromatic rings. The van der Waals surface area contributed by atoms with E-state index in [1.807, 2.05) is 49.4 Å². The van der Waals surface area contributed by atoms with Crippen LogP contribution in [0.3, 0.4) is 0 Å². The van der Waals surface area contributed by atoms with Crippen LogP contribution in [0.5, 0.6) is 11.5 Å². The first-order valence-electron chi connectivity index (χ1n) is 8.62. The van der Waals surface area contributed by atoms with Crippen LogP contribution in [0.1, 0.15) is 29.5 Å². The summed E-state index contributed by atoms with van der Waals surface area (Å²) in [6, 6.07) is 26.9. The van der Waals surface area contributed by atoms with Crippen LogP contribution in [0.2, 0.25) is 0 Å². The van der Waals surface area contributed by atoms with Crippen molar-refractivity contribution < 1.29 is 9.47 Å². The van der Waals surface area contributed by atoms with E-state index in [1.165, 1.54) is 11.1 Å². The smallest absolute Gasteiger partial charge is 0.131 e. The molecule has 0 bridgehead atoms. The fraction of sp³-hybridized carbons (Fsp3) is 0.130. The number of rotatable bonds is 4. The van der Waals surface area contributed by atoms with Gasteiger partial charge in [0.2, 0.25) is 0 Å². The molecule has 1 atom stereocenters. The summed E-state index contributed by atoms with van der Waals surface area (Å²) in [6.07, 6.45) is 2.20. The van der Waals surface area contributed by atoms with Crippen molar-refractivity contribution in [1.82, 2.24) is 0 Å². The predicted octanol–water partition coefficient (Wildman–Crippen LogP) is 5.65. The summed E-state index contributed by atoms with van der Waals surface area (Å²) >= 11 is 0. The Balaban J connectivity index is 1.75. The van der Waals surface area contributed by atoms with Gasteiger partial charge < -0.3 is 9.47 Å². The van der Waals surface area contributed by atoms with Crippen LogP contribution >= 0.6 is 0 Å². The number of fused-ring (bicyclic) bond motifs is 1. The SMILES string of the molecule is CCOc1ccc(C2=C[C@H](c3ccccc3)c3ccccc3O2)cc1. The van der Waals surface area contributed by atoms with Gasteiger partial charge in [0.25, 0.3) is 0 Å². The van der Waals surface area contributed by atoms with Crippen LogP contribution in [0, 0.1) is 0 Å². The summed E-state index contributed by atoms with van der Waals surface area (Å²) in [7, 11) is 0. The molecule has 124 valence electrons. The minimum atomic E-state index is 0.188. The molecule has 0 saturated carbocycles. The highest BCUT2D eigenvalue weighted by molar-refractivity contribution is 5.68. The Morgan fingerprint density at radius 3 is 2.32 bits per heavy atom. The number of ether oxygens (including phenoxy) is 2. The summed E-state index contributed by atoms with van der Waals surface area (Å²) in [5, 5.41) is 0. The van der Waals surface area contributed by atoms with E-state index in [0.717, 1.165) is 22.8 Å². The molecule has 0 spiro atoms. The van der Waals surface area contributed by atoms with Crippen LogP contribution in [0.4, 0.5) is 0 Å². The van der Waals surface area contributed by atoms with Gasteiger partial charge in [-0.05, 0) is 48.9 Å². The molecule has 0 amide bonds. The third-order valence-electron chi connectivity index (χ3n) is 4.40. The van der Waals surface area contributed by atoms with Crippen molar-refractivity contribution in [3.63, 3.8) is 0 Å². The zero-order chi connectivity index (χ0) is 17.1. The molecule has 0 unspecified atom stereocenters. The first kappa shape index (κ1) is 15.5. The van der Waals surface area contributed by atoms with E-state index in [-0.39, 0.29) is 5.92 Å². The zero-order valence-electron chi connectivity index (χ0n) is 14.2. The Labute approximate surface area is 148 Å². The largest absolute Gasteiger partial charge is 0.494 e. The van der Waals surface area contributed by atoms with Crippen molar-refractivity contribution >= 4 is 5.76 Å². The number of hydrogen-bond donors (Lipinski definition) is 0. The monoisotopic (exact) mass is 328 g/mol. The second-order valence-electron chi connectivity index (χ2n) is 6.02. The van der Waals surface area contributed by atoms with Gasteiger partial charge in [-0.2, -0.15) is 0 Å². The van der Waals surface area contributed by atoms with E-state index in [1.54, 1.807) is 0 Å². The Kier molecular flexibility index (Phi) is 4.26. The lowest BCUT2D eigenvalue weighted by Gasteiger charge is -2.25. The van der Waals surface area contributed by atoms with E-state index in [9.17, 15) is 0 Å². The van der Waals surface area contributed by atoms with Crippen LogP contribution in [0.25, 0.3) is 5.76 Å². The van der Waals surface area contributed by atoms with Crippen LogP contribution in [-0.4, -0.2) is 6.61 Å². The van der Waals surface area contributed by atoms with Gasteiger partial charge in [0.15, 0.2) is 0 Å². The molecule has 0 radical (unpaired) electrons.